The standard InChI is InChI=1S/C12H17N5OS/c1-4-8-6-13-12(19-8)7(3)14-11(18)10-15-9(5-2)16-17-10/h6-7H,4-5H2,1-3H3,(H,14,18)(H,15,16,17). The number of aromatic amines is 1. The van der Waals surface area contributed by atoms with E-state index in [1.807, 2.05) is 20.0 Å². The Morgan fingerprint density at radius 2 is 2.26 bits per heavy atom. The maximum Gasteiger partial charge on any atom is 0.291 e. The molecule has 1 unspecified atom stereocenters. The van der Waals surface area contributed by atoms with E-state index in [0.717, 1.165) is 17.8 Å². The van der Waals surface area contributed by atoms with Crippen LogP contribution in [0.3, 0.4) is 0 Å². The zero-order valence-electron chi connectivity index (χ0n) is 11.2. The van der Waals surface area contributed by atoms with Crippen molar-refractivity contribution in [2.24, 2.45) is 0 Å². The Balaban J connectivity index is 2.01. The van der Waals surface area contributed by atoms with Gasteiger partial charge in [0.1, 0.15) is 10.8 Å². The van der Waals surface area contributed by atoms with Gasteiger partial charge in [0, 0.05) is 17.5 Å². The van der Waals surface area contributed by atoms with Crippen LogP contribution >= 0.6 is 11.3 Å². The monoisotopic (exact) mass is 279 g/mol. The Bertz CT molecular complexity index is 562. The lowest BCUT2D eigenvalue weighted by Gasteiger charge is -2.08. The first-order valence-corrected chi connectivity index (χ1v) is 7.12. The average molecular weight is 279 g/mol. The summed E-state index contributed by atoms with van der Waals surface area (Å²) in [7, 11) is 0. The molecule has 2 rings (SSSR count). The molecule has 0 fully saturated rings. The van der Waals surface area contributed by atoms with E-state index in [9.17, 15) is 4.79 Å². The van der Waals surface area contributed by atoms with Gasteiger partial charge in [-0.15, -0.1) is 16.4 Å². The van der Waals surface area contributed by atoms with Crippen LogP contribution in [0.5, 0.6) is 0 Å². The molecule has 19 heavy (non-hydrogen) atoms. The van der Waals surface area contributed by atoms with E-state index >= 15 is 0 Å². The summed E-state index contributed by atoms with van der Waals surface area (Å²) in [4.78, 5) is 21.6. The van der Waals surface area contributed by atoms with Gasteiger partial charge in [-0.3, -0.25) is 9.89 Å². The third-order valence-electron chi connectivity index (χ3n) is 2.71. The van der Waals surface area contributed by atoms with Crippen LogP contribution in [0.2, 0.25) is 0 Å². The quantitative estimate of drug-likeness (QED) is 0.875. The number of hydrogen-bond acceptors (Lipinski definition) is 5. The first-order chi connectivity index (χ1) is 9.13. The maximum absolute atomic E-state index is 12.0. The van der Waals surface area contributed by atoms with Crippen molar-refractivity contribution in [1.82, 2.24) is 25.5 Å². The summed E-state index contributed by atoms with van der Waals surface area (Å²) in [6, 6.07) is -0.138. The number of hydrogen-bond donors (Lipinski definition) is 2. The van der Waals surface area contributed by atoms with Crippen molar-refractivity contribution in [2.45, 2.75) is 39.7 Å². The molecule has 2 aromatic rings. The second kappa shape index (κ2) is 5.92. The molecular formula is C12H17N5OS. The molecule has 0 saturated carbocycles. The van der Waals surface area contributed by atoms with Crippen molar-refractivity contribution in [2.75, 3.05) is 0 Å². The fourth-order valence-electron chi connectivity index (χ4n) is 1.56. The van der Waals surface area contributed by atoms with Crippen molar-refractivity contribution in [1.29, 1.82) is 0 Å². The number of carbonyl (C=O) groups excluding carboxylic acids is 1. The smallest absolute Gasteiger partial charge is 0.291 e. The highest BCUT2D eigenvalue weighted by atomic mass is 32.1. The van der Waals surface area contributed by atoms with Crippen molar-refractivity contribution in [3.63, 3.8) is 0 Å². The predicted molar refractivity (Wildman–Crippen MR) is 73.1 cm³/mol. The minimum Gasteiger partial charge on any atom is -0.340 e. The van der Waals surface area contributed by atoms with E-state index in [-0.39, 0.29) is 17.8 Å². The van der Waals surface area contributed by atoms with Crippen molar-refractivity contribution in [3.05, 3.63) is 27.7 Å². The molecule has 2 aromatic heterocycles. The number of carbonyl (C=O) groups is 1. The van der Waals surface area contributed by atoms with Crippen LogP contribution < -0.4 is 5.32 Å². The molecule has 0 bridgehead atoms. The van der Waals surface area contributed by atoms with E-state index in [2.05, 4.69) is 32.4 Å². The molecule has 0 spiro atoms. The molecule has 0 radical (unpaired) electrons. The molecule has 0 aliphatic carbocycles. The van der Waals surface area contributed by atoms with Gasteiger partial charge in [0.2, 0.25) is 5.82 Å². The Morgan fingerprint density at radius 1 is 1.47 bits per heavy atom. The summed E-state index contributed by atoms with van der Waals surface area (Å²) in [5.41, 5.74) is 0. The van der Waals surface area contributed by atoms with Gasteiger partial charge in [-0.2, -0.15) is 0 Å². The van der Waals surface area contributed by atoms with Gasteiger partial charge >= 0.3 is 0 Å². The summed E-state index contributed by atoms with van der Waals surface area (Å²) in [6.45, 7) is 5.94. The van der Waals surface area contributed by atoms with E-state index in [1.165, 1.54) is 4.88 Å². The Kier molecular flexibility index (Phi) is 4.26. The zero-order chi connectivity index (χ0) is 13.8. The fourth-order valence-corrected chi connectivity index (χ4v) is 2.42. The van der Waals surface area contributed by atoms with Crippen molar-refractivity contribution in [3.8, 4) is 0 Å². The summed E-state index contributed by atoms with van der Waals surface area (Å²) >= 11 is 1.61. The Morgan fingerprint density at radius 3 is 2.84 bits per heavy atom. The van der Waals surface area contributed by atoms with Gasteiger partial charge in [0.25, 0.3) is 5.91 Å². The van der Waals surface area contributed by atoms with E-state index in [1.54, 1.807) is 11.3 Å². The number of H-pyrrole nitrogens is 1. The highest BCUT2D eigenvalue weighted by Gasteiger charge is 2.17. The van der Waals surface area contributed by atoms with Crippen LogP contribution in [0.25, 0.3) is 0 Å². The van der Waals surface area contributed by atoms with Crippen LogP contribution in [0.15, 0.2) is 6.20 Å². The number of nitrogens with one attached hydrogen (secondary N) is 2. The van der Waals surface area contributed by atoms with Crippen LogP contribution in [0.1, 0.15) is 53.1 Å². The summed E-state index contributed by atoms with van der Waals surface area (Å²) in [6.07, 6.45) is 3.53. The summed E-state index contributed by atoms with van der Waals surface area (Å²) < 4.78 is 0. The fraction of sp³-hybridized carbons (Fsp3) is 0.500. The minimum atomic E-state index is -0.281. The van der Waals surface area contributed by atoms with Crippen LogP contribution in [0.4, 0.5) is 0 Å². The van der Waals surface area contributed by atoms with Crippen molar-refractivity contribution >= 4 is 17.2 Å². The molecule has 1 amide bonds. The lowest BCUT2D eigenvalue weighted by Crippen LogP contribution is -2.27. The maximum atomic E-state index is 12.0. The third-order valence-corrected chi connectivity index (χ3v) is 4.03. The predicted octanol–water partition coefficient (Wildman–Crippen LogP) is 1.88. The normalized spacial score (nSPS) is 12.4. The summed E-state index contributed by atoms with van der Waals surface area (Å²) in [5.74, 6) is 0.605. The number of aryl methyl sites for hydroxylation is 2. The Hall–Kier alpha value is -1.76. The van der Waals surface area contributed by atoms with Gasteiger partial charge in [-0.25, -0.2) is 9.97 Å². The second-order valence-corrected chi connectivity index (χ2v) is 5.32. The van der Waals surface area contributed by atoms with Gasteiger partial charge < -0.3 is 5.32 Å². The number of rotatable bonds is 5. The number of thiazole rings is 1. The molecule has 0 aliphatic rings. The average Bonchev–Trinajstić information content (AvgIpc) is 3.07. The van der Waals surface area contributed by atoms with Crippen LogP contribution in [0, 0.1) is 0 Å². The molecule has 0 aromatic carbocycles. The molecular weight excluding hydrogens is 262 g/mol. The molecule has 1 atom stereocenters. The summed E-state index contributed by atoms with van der Waals surface area (Å²) in [5, 5.41) is 10.4. The number of nitrogens with zero attached hydrogens (tertiary/aromatic N) is 3. The van der Waals surface area contributed by atoms with E-state index < -0.39 is 0 Å². The van der Waals surface area contributed by atoms with Gasteiger partial charge in [-0.1, -0.05) is 13.8 Å². The first-order valence-electron chi connectivity index (χ1n) is 6.30. The highest BCUT2D eigenvalue weighted by Crippen LogP contribution is 2.20. The molecule has 0 saturated heterocycles. The zero-order valence-corrected chi connectivity index (χ0v) is 12.0. The molecule has 102 valence electrons. The molecule has 2 heterocycles. The van der Waals surface area contributed by atoms with Crippen LogP contribution in [-0.2, 0) is 12.8 Å². The Labute approximate surface area is 115 Å². The largest absolute Gasteiger partial charge is 0.340 e. The van der Waals surface area contributed by atoms with Gasteiger partial charge in [0.05, 0.1) is 6.04 Å². The lowest BCUT2D eigenvalue weighted by molar-refractivity contribution is 0.0929. The molecule has 2 N–H and O–H groups in total. The van der Waals surface area contributed by atoms with Gasteiger partial charge in [0.15, 0.2) is 0 Å². The molecule has 6 nitrogen and oxygen atoms in total. The van der Waals surface area contributed by atoms with E-state index in [4.69, 9.17) is 0 Å². The molecule has 0 aliphatic heterocycles. The van der Waals surface area contributed by atoms with Gasteiger partial charge in [-0.05, 0) is 13.3 Å². The SMILES string of the molecule is CCc1nc(C(=O)NC(C)c2ncc(CC)s2)n[nH]1. The van der Waals surface area contributed by atoms with Crippen LogP contribution in [-0.4, -0.2) is 26.1 Å². The second-order valence-electron chi connectivity index (χ2n) is 4.17. The minimum absolute atomic E-state index is 0.138. The topological polar surface area (TPSA) is 83.6 Å². The van der Waals surface area contributed by atoms with E-state index in [0.29, 0.717) is 5.82 Å². The number of aromatic nitrogens is 4. The highest BCUT2D eigenvalue weighted by molar-refractivity contribution is 7.11. The first kappa shape index (κ1) is 13.7. The lowest BCUT2D eigenvalue weighted by atomic mass is 10.3. The third kappa shape index (κ3) is 3.17. The molecule has 7 heteroatoms. The number of amides is 1. The van der Waals surface area contributed by atoms with Crippen molar-refractivity contribution < 1.29 is 4.79 Å².